The molecular formula is C14H15ClN2O3S. The highest BCUT2D eigenvalue weighted by atomic mass is 35.5. The van der Waals surface area contributed by atoms with Crippen molar-refractivity contribution in [2.24, 2.45) is 0 Å². The quantitative estimate of drug-likeness (QED) is 0.917. The average molecular weight is 327 g/mol. The van der Waals surface area contributed by atoms with Gasteiger partial charge in [-0.05, 0) is 25.5 Å². The van der Waals surface area contributed by atoms with E-state index in [-0.39, 0.29) is 11.7 Å². The van der Waals surface area contributed by atoms with Crippen LogP contribution < -0.4 is 5.32 Å². The molecule has 2 atom stereocenters. The van der Waals surface area contributed by atoms with E-state index in [1.54, 1.807) is 38.1 Å². The number of nitrogens with zero attached hydrogens (tertiary/aromatic N) is 1. The van der Waals surface area contributed by atoms with Crippen molar-refractivity contribution < 1.29 is 13.5 Å². The monoisotopic (exact) mass is 326 g/mol. The van der Waals surface area contributed by atoms with Gasteiger partial charge in [-0.3, -0.25) is 9.00 Å². The van der Waals surface area contributed by atoms with Gasteiger partial charge in [0.1, 0.15) is 11.0 Å². The molecule has 1 aromatic heterocycles. The van der Waals surface area contributed by atoms with E-state index >= 15 is 0 Å². The summed E-state index contributed by atoms with van der Waals surface area (Å²) in [6.07, 6.45) is 0. The fourth-order valence-electron chi connectivity index (χ4n) is 1.67. The van der Waals surface area contributed by atoms with Crippen LogP contribution in [0, 0.1) is 6.92 Å². The molecule has 0 aliphatic heterocycles. The number of aryl methyl sites for hydroxylation is 1. The maximum absolute atomic E-state index is 12.2. The molecule has 0 fully saturated rings. The Labute approximate surface area is 130 Å². The molecule has 0 spiro atoms. The standard InChI is InChI=1S/C14H15ClN2O3S/c1-9-7-13(17-20-9)16-14(18)10(2)21(19)8-11-5-3-4-6-12(11)15/h3-7,10H,8H2,1-2H3,(H,16,17,18). The van der Waals surface area contributed by atoms with E-state index in [2.05, 4.69) is 10.5 Å². The zero-order chi connectivity index (χ0) is 15.4. The van der Waals surface area contributed by atoms with Gasteiger partial charge in [0.05, 0.1) is 5.75 Å². The van der Waals surface area contributed by atoms with Crippen molar-refractivity contribution in [2.75, 3.05) is 5.32 Å². The first-order valence-corrected chi connectivity index (χ1v) is 8.08. The minimum absolute atomic E-state index is 0.228. The Hall–Kier alpha value is -1.66. The lowest BCUT2D eigenvalue weighted by Crippen LogP contribution is -2.29. The first-order valence-electron chi connectivity index (χ1n) is 6.32. The van der Waals surface area contributed by atoms with Gasteiger partial charge in [-0.25, -0.2) is 0 Å². The van der Waals surface area contributed by atoms with Crippen LogP contribution in [0.2, 0.25) is 5.02 Å². The van der Waals surface area contributed by atoms with Crippen LogP contribution in [0.4, 0.5) is 5.82 Å². The molecule has 0 saturated carbocycles. The Bertz CT molecular complexity index is 672. The molecule has 1 N–H and O–H groups in total. The second-order valence-corrected chi connectivity index (χ2v) is 6.74. The summed E-state index contributed by atoms with van der Waals surface area (Å²) < 4.78 is 17.1. The first-order chi connectivity index (χ1) is 9.97. The van der Waals surface area contributed by atoms with E-state index < -0.39 is 16.0 Å². The zero-order valence-electron chi connectivity index (χ0n) is 11.6. The summed E-state index contributed by atoms with van der Waals surface area (Å²) >= 11 is 6.03. The SMILES string of the molecule is Cc1cc(NC(=O)C(C)S(=O)Cc2ccccc2Cl)no1. The molecule has 1 amide bonds. The largest absolute Gasteiger partial charge is 0.360 e. The highest BCUT2D eigenvalue weighted by Gasteiger charge is 2.21. The number of anilines is 1. The Morgan fingerprint density at radius 2 is 2.19 bits per heavy atom. The van der Waals surface area contributed by atoms with E-state index in [4.69, 9.17) is 16.1 Å². The van der Waals surface area contributed by atoms with Gasteiger partial charge in [-0.1, -0.05) is 35.0 Å². The van der Waals surface area contributed by atoms with Crippen LogP contribution in [-0.4, -0.2) is 20.5 Å². The normalized spacial score (nSPS) is 13.7. The third-order valence-electron chi connectivity index (χ3n) is 2.90. The molecule has 0 radical (unpaired) electrons. The first kappa shape index (κ1) is 15.7. The summed E-state index contributed by atoms with van der Waals surface area (Å²) in [4.78, 5) is 12.0. The summed E-state index contributed by atoms with van der Waals surface area (Å²) in [5.74, 6) is 0.773. The molecule has 7 heteroatoms. The van der Waals surface area contributed by atoms with Crippen molar-refractivity contribution in [3.8, 4) is 0 Å². The number of halogens is 1. The summed E-state index contributed by atoms with van der Waals surface area (Å²) in [5.41, 5.74) is 0.759. The van der Waals surface area contributed by atoms with Gasteiger partial charge in [0.15, 0.2) is 5.82 Å². The molecule has 112 valence electrons. The molecule has 0 saturated heterocycles. The Kier molecular flexibility index (Phi) is 5.14. The second-order valence-electron chi connectivity index (χ2n) is 4.57. The lowest BCUT2D eigenvalue weighted by Gasteiger charge is -2.11. The summed E-state index contributed by atoms with van der Waals surface area (Å²) in [6, 6.07) is 8.75. The molecule has 2 unspecified atom stereocenters. The topological polar surface area (TPSA) is 72.2 Å². The lowest BCUT2D eigenvalue weighted by atomic mass is 10.2. The van der Waals surface area contributed by atoms with Crippen LogP contribution >= 0.6 is 11.6 Å². The summed E-state index contributed by atoms with van der Waals surface area (Å²) in [5, 5.41) is 6.11. The van der Waals surface area contributed by atoms with Crippen LogP contribution in [0.3, 0.4) is 0 Å². The molecule has 1 aromatic carbocycles. The minimum atomic E-state index is -1.38. The van der Waals surface area contributed by atoms with Crippen LogP contribution in [0.1, 0.15) is 18.2 Å². The van der Waals surface area contributed by atoms with E-state index in [0.717, 1.165) is 5.56 Å². The lowest BCUT2D eigenvalue weighted by molar-refractivity contribution is -0.115. The number of hydrogen-bond acceptors (Lipinski definition) is 4. The number of aromatic nitrogens is 1. The van der Waals surface area contributed by atoms with Gasteiger partial charge in [0.25, 0.3) is 0 Å². The highest BCUT2D eigenvalue weighted by molar-refractivity contribution is 7.85. The van der Waals surface area contributed by atoms with Gasteiger partial charge in [-0.2, -0.15) is 0 Å². The fourth-order valence-corrected chi connectivity index (χ4v) is 3.05. The third kappa shape index (κ3) is 4.15. The van der Waals surface area contributed by atoms with Crippen molar-refractivity contribution in [2.45, 2.75) is 24.9 Å². The Morgan fingerprint density at radius 3 is 2.81 bits per heavy atom. The van der Waals surface area contributed by atoms with Crippen LogP contribution in [0.25, 0.3) is 0 Å². The molecule has 1 heterocycles. The second kappa shape index (κ2) is 6.87. The molecule has 2 rings (SSSR count). The van der Waals surface area contributed by atoms with E-state index in [1.165, 1.54) is 0 Å². The molecule has 0 aliphatic carbocycles. The van der Waals surface area contributed by atoms with Crippen molar-refractivity contribution in [3.63, 3.8) is 0 Å². The molecule has 2 aromatic rings. The maximum atomic E-state index is 12.2. The van der Waals surface area contributed by atoms with E-state index in [0.29, 0.717) is 16.6 Å². The van der Waals surface area contributed by atoms with Crippen LogP contribution in [0.5, 0.6) is 0 Å². The van der Waals surface area contributed by atoms with Gasteiger partial charge >= 0.3 is 0 Å². The number of carbonyl (C=O) groups excluding carboxylic acids is 1. The predicted molar refractivity (Wildman–Crippen MR) is 82.6 cm³/mol. The smallest absolute Gasteiger partial charge is 0.241 e. The van der Waals surface area contributed by atoms with E-state index in [9.17, 15) is 9.00 Å². The number of carbonyl (C=O) groups is 1. The molecule has 5 nitrogen and oxygen atoms in total. The van der Waals surface area contributed by atoms with E-state index in [1.807, 2.05) is 6.07 Å². The zero-order valence-corrected chi connectivity index (χ0v) is 13.2. The van der Waals surface area contributed by atoms with Gasteiger partial charge in [0.2, 0.25) is 5.91 Å². The predicted octanol–water partition coefficient (Wildman–Crippen LogP) is 2.91. The number of amides is 1. The molecule has 0 bridgehead atoms. The number of hydrogen-bond donors (Lipinski definition) is 1. The van der Waals surface area contributed by atoms with Gasteiger partial charge in [0, 0.05) is 21.9 Å². The van der Waals surface area contributed by atoms with Crippen molar-refractivity contribution in [1.82, 2.24) is 5.16 Å². The maximum Gasteiger partial charge on any atom is 0.241 e. The van der Waals surface area contributed by atoms with Gasteiger partial charge < -0.3 is 9.84 Å². The number of benzene rings is 1. The fraction of sp³-hybridized carbons (Fsp3) is 0.286. The van der Waals surface area contributed by atoms with Crippen molar-refractivity contribution in [1.29, 1.82) is 0 Å². The van der Waals surface area contributed by atoms with Gasteiger partial charge in [-0.15, -0.1) is 0 Å². The summed E-state index contributed by atoms with van der Waals surface area (Å²) in [6.45, 7) is 3.33. The van der Waals surface area contributed by atoms with Crippen LogP contribution in [-0.2, 0) is 21.3 Å². The Balaban J connectivity index is 1.98. The van der Waals surface area contributed by atoms with Crippen molar-refractivity contribution in [3.05, 3.63) is 46.7 Å². The minimum Gasteiger partial charge on any atom is -0.360 e. The molecule has 0 aliphatic rings. The molecule has 21 heavy (non-hydrogen) atoms. The molecular weight excluding hydrogens is 312 g/mol. The average Bonchev–Trinajstić information content (AvgIpc) is 2.85. The summed E-state index contributed by atoms with van der Waals surface area (Å²) in [7, 11) is -1.38. The number of nitrogens with one attached hydrogen (secondary N) is 1. The Morgan fingerprint density at radius 1 is 1.48 bits per heavy atom. The number of rotatable bonds is 5. The van der Waals surface area contributed by atoms with Crippen LogP contribution in [0.15, 0.2) is 34.9 Å². The highest BCUT2D eigenvalue weighted by Crippen LogP contribution is 2.18. The van der Waals surface area contributed by atoms with Crippen molar-refractivity contribution >= 4 is 34.1 Å². The third-order valence-corrected chi connectivity index (χ3v) is 4.87.